The minimum atomic E-state index is -0.512. The fourth-order valence-corrected chi connectivity index (χ4v) is 1.87. The number of amides is 1. The van der Waals surface area contributed by atoms with Gasteiger partial charge in [0.1, 0.15) is 11.5 Å². The number of nitrogen functional groups attached to an aromatic ring is 1. The highest BCUT2D eigenvalue weighted by atomic mass is 35.5. The minimum Gasteiger partial charge on any atom is -0.384 e. The van der Waals surface area contributed by atoms with Gasteiger partial charge < -0.3 is 10.6 Å². The predicted molar refractivity (Wildman–Crippen MR) is 79.5 cm³/mol. The molecule has 0 aliphatic heterocycles. The third-order valence-corrected chi connectivity index (χ3v) is 3.13. The Morgan fingerprint density at radius 1 is 1.29 bits per heavy atom. The molecule has 2 rings (SSSR count). The second kappa shape index (κ2) is 5.76. The molecule has 0 unspecified atom stereocenters. The van der Waals surface area contributed by atoms with E-state index in [-0.39, 0.29) is 22.2 Å². The topological polar surface area (TPSA) is 102 Å². The summed E-state index contributed by atoms with van der Waals surface area (Å²) in [5.41, 5.74) is 5.99. The van der Waals surface area contributed by atoms with E-state index in [1.165, 1.54) is 48.3 Å². The molecule has 108 valence electrons. The van der Waals surface area contributed by atoms with Gasteiger partial charge in [-0.05, 0) is 24.3 Å². The van der Waals surface area contributed by atoms with Crippen LogP contribution in [0.2, 0.25) is 5.02 Å². The molecular formula is C13H11ClN4O3. The second-order valence-electron chi connectivity index (χ2n) is 4.20. The monoisotopic (exact) mass is 306 g/mol. The number of aromatic nitrogens is 1. The van der Waals surface area contributed by atoms with Crippen molar-refractivity contribution >= 4 is 34.7 Å². The Bertz CT molecular complexity index is 703. The maximum Gasteiger partial charge on any atom is 0.278 e. The summed E-state index contributed by atoms with van der Waals surface area (Å²) in [6, 6.07) is 8.54. The summed E-state index contributed by atoms with van der Waals surface area (Å²) in [6.07, 6.45) is 0. The third kappa shape index (κ3) is 3.09. The van der Waals surface area contributed by atoms with Crippen molar-refractivity contribution in [3.05, 3.63) is 57.2 Å². The van der Waals surface area contributed by atoms with Crippen LogP contribution in [0.1, 0.15) is 10.5 Å². The predicted octanol–water partition coefficient (Wildman–Crippen LogP) is 2.50. The van der Waals surface area contributed by atoms with Gasteiger partial charge in [0.15, 0.2) is 0 Å². The van der Waals surface area contributed by atoms with Gasteiger partial charge in [-0.1, -0.05) is 11.6 Å². The van der Waals surface area contributed by atoms with Crippen LogP contribution in [-0.2, 0) is 0 Å². The number of non-ortho nitro benzene ring substituents is 1. The largest absolute Gasteiger partial charge is 0.384 e. The number of anilines is 2. The van der Waals surface area contributed by atoms with E-state index in [1.54, 1.807) is 0 Å². The number of carbonyl (C=O) groups is 1. The van der Waals surface area contributed by atoms with Gasteiger partial charge in [0.25, 0.3) is 11.6 Å². The highest BCUT2D eigenvalue weighted by molar-refractivity contribution is 6.34. The molecule has 2 N–H and O–H groups in total. The molecule has 0 aliphatic rings. The third-order valence-electron chi connectivity index (χ3n) is 2.82. The van der Waals surface area contributed by atoms with Gasteiger partial charge in [0, 0.05) is 24.9 Å². The Balaban J connectivity index is 2.30. The standard InChI is InChI=1S/C13H11ClN4O3/c1-17(8-2-4-9(5-3-8)18(20)21)13(19)12-10(14)6-7-11(15)16-12/h2-7H,1H3,(H2,15,16). The van der Waals surface area contributed by atoms with E-state index in [2.05, 4.69) is 4.98 Å². The van der Waals surface area contributed by atoms with Crippen molar-refractivity contribution in [2.24, 2.45) is 0 Å². The van der Waals surface area contributed by atoms with E-state index >= 15 is 0 Å². The molecule has 0 atom stereocenters. The number of nitrogens with zero attached hydrogens (tertiary/aromatic N) is 3. The summed E-state index contributed by atoms with van der Waals surface area (Å²) >= 11 is 5.93. The van der Waals surface area contributed by atoms with E-state index < -0.39 is 10.8 Å². The van der Waals surface area contributed by atoms with Crippen molar-refractivity contribution < 1.29 is 9.72 Å². The smallest absolute Gasteiger partial charge is 0.278 e. The number of nitro groups is 1. The molecule has 0 saturated heterocycles. The Morgan fingerprint density at radius 3 is 2.48 bits per heavy atom. The SMILES string of the molecule is CN(C(=O)c1nc(N)ccc1Cl)c1ccc([N+](=O)[O-])cc1. The average Bonchev–Trinajstić information content (AvgIpc) is 2.48. The number of carbonyl (C=O) groups excluding carboxylic acids is 1. The van der Waals surface area contributed by atoms with Gasteiger partial charge in [-0.15, -0.1) is 0 Å². The molecule has 1 aromatic carbocycles. The summed E-state index contributed by atoms with van der Waals surface area (Å²) in [5, 5.41) is 10.8. The highest BCUT2D eigenvalue weighted by Crippen LogP contribution is 2.22. The molecule has 0 spiro atoms. The van der Waals surface area contributed by atoms with E-state index in [9.17, 15) is 14.9 Å². The van der Waals surface area contributed by atoms with Gasteiger partial charge >= 0.3 is 0 Å². The fraction of sp³-hybridized carbons (Fsp3) is 0.0769. The zero-order valence-electron chi connectivity index (χ0n) is 11.0. The van der Waals surface area contributed by atoms with Crippen LogP contribution in [0.25, 0.3) is 0 Å². The van der Waals surface area contributed by atoms with Crippen molar-refractivity contribution in [1.82, 2.24) is 4.98 Å². The van der Waals surface area contributed by atoms with Crippen LogP contribution in [0.3, 0.4) is 0 Å². The lowest BCUT2D eigenvalue weighted by Gasteiger charge is -2.17. The summed E-state index contributed by atoms with van der Waals surface area (Å²) in [5.74, 6) is -0.277. The molecule has 1 amide bonds. The summed E-state index contributed by atoms with van der Waals surface area (Å²) < 4.78 is 0. The quantitative estimate of drug-likeness (QED) is 0.693. The van der Waals surface area contributed by atoms with E-state index in [1.807, 2.05) is 0 Å². The molecule has 7 nitrogen and oxygen atoms in total. The van der Waals surface area contributed by atoms with E-state index in [4.69, 9.17) is 17.3 Å². The van der Waals surface area contributed by atoms with Crippen LogP contribution in [0.4, 0.5) is 17.2 Å². The zero-order valence-corrected chi connectivity index (χ0v) is 11.7. The summed E-state index contributed by atoms with van der Waals surface area (Å²) in [6.45, 7) is 0. The van der Waals surface area contributed by atoms with Crippen LogP contribution in [0.15, 0.2) is 36.4 Å². The maximum absolute atomic E-state index is 12.3. The average molecular weight is 307 g/mol. The van der Waals surface area contributed by atoms with Crippen LogP contribution in [-0.4, -0.2) is 22.9 Å². The first-order valence-corrected chi connectivity index (χ1v) is 6.22. The highest BCUT2D eigenvalue weighted by Gasteiger charge is 2.19. The first-order chi connectivity index (χ1) is 9.90. The lowest BCUT2D eigenvalue weighted by Crippen LogP contribution is -2.27. The molecule has 0 radical (unpaired) electrons. The van der Waals surface area contributed by atoms with Crippen molar-refractivity contribution in [2.45, 2.75) is 0 Å². The first kappa shape index (κ1) is 14.7. The lowest BCUT2D eigenvalue weighted by molar-refractivity contribution is -0.384. The number of nitrogens with two attached hydrogens (primary N) is 1. The van der Waals surface area contributed by atoms with Crippen molar-refractivity contribution in [3.8, 4) is 0 Å². The molecule has 0 bridgehead atoms. The van der Waals surface area contributed by atoms with Crippen molar-refractivity contribution in [2.75, 3.05) is 17.7 Å². The number of pyridine rings is 1. The summed E-state index contributed by atoms with van der Waals surface area (Å²) in [4.78, 5) is 27.6. The van der Waals surface area contributed by atoms with Gasteiger partial charge in [0.2, 0.25) is 0 Å². The number of nitro benzene ring substituents is 1. The molecular weight excluding hydrogens is 296 g/mol. The van der Waals surface area contributed by atoms with Crippen molar-refractivity contribution in [3.63, 3.8) is 0 Å². The molecule has 21 heavy (non-hydrogen) atoms. The molecule has 8 heteroatoms. The number of rotatable bonds is 3. The van der Waals surface area contributed by atoms with Crippen LogP contribution in [0, 0.1) is 10.1 Å². The fourth-order valence-electron chi connectivity index (χ4n) is 1.68. The molecule has 0 saturated carbocycles. The number of hydrogen-bond acceptors (Lipinski definition) is 5. The molecule has 1 heterocycles. The Hall–Kier alpha value is -2.67. The Morgan fingerprint density at radius 2 is 1.90 bits per heavy atom. The van der Waals surface area contributed by atoms with Crippen LogP contribution in [0.5, 0.6) is 0 Å². The first-order valence-electron chi connectivity index (χ1n) is 5.84. The number of halogens is 1. The molecule has 1 aromatic heterocycles. The van der Waals surface area contributed by atoms with Gasteiger partial charge in [-0.3, -0.25) is 14.9 Å². The van der Waals surface area contributed by atoms with Gasteiger partial charge in [0.05, 0.1) is 9.95 Å². The number of benzene rings is 1. The molecule has 0 aliphatic carbocycles. The van der Waals surface area contributed by atoms with E-state index in [0.29, 0.717) is 5.69 Å². The lowest BCUT2D eigenvalue weighted by atomic mass is 10.2. The number of hydrogen-bond donors (Lipinski definition) is 1. The molecule has 2 aromatic rings. The normalized spacial score (nSPS) is 10.2. The Labute approximate surface area is 125 Å². The zero-order chi connectivity index (χ0) is 15.6. The second-order valence-corrected chi connectivity index (χ2v) is 4.61. The van der Waals surface area contributed by atoms with Gasteiger partial charge in [-0.25, -0.2) is 4.98 Å². The van der Waals surface area contributed by atoms with Crippen LogP contribution >= 0.6 is 11.6 Å². The van der Waals surface area contributed by atoms with Crippen molar-refractivity contribution in [1.29, 1.82) is 0 Å². The van der Waals surface area contributed by atoms with Gasteiger partial charge in [-0.2, -0.15) is 0 Å². The van der Waals surface area contributed by atoms with Crippen LogP contribution < -0.4 is 10.6 Å². The maximum atomic E-state index is 12.3. The minimum absolute atomic E-state index is 0.0255. The Kier molecular flexibility index (Phi) is 4.04. The van der Waals surface area contributed by atoms with E-state index in [0.717, 1.165) is 0 Å². The molecule has 0 fully saturated rings. The summed E-state index contributed by atoms with van der Waals surface area (Å²) in [7, 11) is 1.52.